The summed E-state index contributed by atoms with van der Waals surface area (Å²) in [5.41, 5.74) is 8.20. The van der Waals surface area contributed by atoms with E-state index in [9.17, 15) is 4.79 Å². The Morgan fingerprint density at radius 3 is 2.38 bits per heavy atom. The number of amides is 1. The van der Waals surface area contributed by atoms with Gasteiger partial charge in [0.1, 0.15) is 0 Å². The van der Waals surface area contributed by atoms with E-state index in [1.54, 1.807) is 11.0 Å². The summed E-state index contributed by atoms with van der Waals surface area (Å²) < 4.78 is 0. The smallest absolute Gasteiger partial charge is 0.253 e. The fourth-order valence-corrected chi connectivity index (χ4v) is 2.38. The number of carbonyl (C=O) groups is 1. The van der Waals surface area contributed by atoms with Crippen LogP contribution >= 0.6 is 0 Å². The molecule has 0 bridgehead atoms. The highest BCUT2D eigenvalue weighted by atomic mass is 16.2. The van der Waals surface area contributed by atoms with Gasteiger partial charge in [-0.15, -0.1) is 0 Å². The monoisotopic (exact) mass is 292 g/mol. The summed E-state index contributed by atoms with van der Waals surface area (Å²) in [7, 11) is 4.07. The Balaban J connectivity index is 2.83. The minimum Gasteiger partial charge on any atom is -0.397 e. The molecule has 1 rings (SSSR count). The first-order valence-corrected chi connectivity index (χ1v) is 7.49. The number of likely N-dealkylation sites (N-methyl/N-ethyl adjacent to an activating group) is 1. The molecular weight excluding hydrogens is 264 g/mol. The van der Waals surface area contributed by atoms with Crippen LogP contribution in [-0.2, 0) is 0 Å². The molecule has 0 heterocycles. The van der Waals surface area contributed by atoms with Crippen molar-refractivity contribution in [3.63, 3.8) is 0 Å². The number of hydrogen-bond acceptors (Lipinski definition) is 4. The van der Waals surface area contributed by atoms with Crippen LogP contribution in [0.5, 0.6) is 0 Å². The zero-order chi connectivity index (χ0) is 16.0. The number of nitrogen functional groups attached to an aromatic ring is 1. The molecule has 1 aromatic rings. The van der Waals surface area contributed by atoms with E-state index >= 15 is 0 Å². The maximum atomic E-state index is 12.3. The Morgan fingerprint density at radius 1 is 1.29 bits per heavy atom. The van der Waals surface area contributed by atoms with Crippen molar-refractivity contribution < 1.29 is 4.79 Å². The van der Waals surface area contributed by atoms with Gasteiger partial charge in [-0.05, 0) is 53.1 Å². The summed E-state index contributed by atoms with van der Waals surface area (Å²) in [5.74, 6) is 0.0274. The standard InChI is InChI=1S/C16H28N4O/c1-6-20(7-2)16(21)13-8-9-15(14(17)10-13)18-12(3)11-19(4)5/h8-10,12,18H,6-7,11,17H2,1-5H3. The summed E-state index contributed by atoms with van der Waals surface area (Å²) in [6.45, 7) is 8.38. The van der Waals surface area contributed by atoms with Crippen LogP contribution in [0.2, 0.25) is 0 Å². The van der Waals surface area contributed by atoms with Gasteiger partial charge in [0.15, 0.2) is 0 Å². The quantitative estimate of drug-likeness (QED) is 0.756. The molecule has 5 nitrogen and oxygen atoms in total. The first-order chi connectivity index (χ1) is 9.88. The van der Waals surface area contributed by atoms with Crippen molar-refractivity contribution in [2.45, 2.75) is 26.8 Å². The molecule has 5 heteroatoms. The van der Waals surface area contributed by atoms with Gasteiger partial charge < -0.3 is 20.9 Å². The normalized spacial score (nSPS) is 12.3. The van der Waals surface area contributed by atoms with E-state index in [2.05, 4.69) is 17.1 Å². The van der Waals surface area contributed by atoms with Crippen molar-refractivity contribution in [1.29, 1.82) is 0 Å². The van der Waals surface area contributed by atoms with E-state index in [-0.39, 0.29) is 11.9 Å². The Labute approximate surface area is 128 Å². The summed E-state index contributed by atoms with van der Waals surface area (Å²) in [5, 5.41) is 3.37. The molecule has 1 amide bonds. The summed E-state index contributed by atoms with van der Waals surface area (Å²) in [6.07, 6.45) is 0. The molecule has 1 atom stereocenters. The Hall–Kier alpha value is -1.75. The SMILES string of the molecule is CCN(CC)C(=O)c1ccc(NC(C)CN(C)C)c(N)c1. The Bertz CT molecular complexity index is 469. The van der Waals surface area contributed by atoms with Gasteiger partial charge in [0.2, 0.25) is 0 Å². The number of nitrogens with two attached hydrogens (primary N) is 1. The van der Waals surface area contributed by atoms with Gasteiger partial charge in [0.25, 0.3) is 5.91 Å². The molecule has 1 aromatic carbocycles. The third kappa shape index (κ3) is 4.93. The minimum absolute atomic E-state index is 0.0274. The first-order valence-electron chi connectivity index (χ1n) is 7.49. The number of hydrogen-bond donors (Lipinski definition) is 2. The van der Waals surface area contributed by atoms with Crippen LogP contribution in [-0.4, -0.2) is 55.5 Å². The number of nitrogens with zero attached hydrogens (tertiary/aromatic N) is 2. The van der Waals surface area contributed by atoms with Crippen molar-refractivity contribution >= 4 is 17.3 Å². The molecule has 0 fully saturated rings. The van der Waals surface area contributed by atoms with Gasteiger partial charge in [0.05, 0.1) is 11.4 Å². The van der Waals surface area contributed by atoms with Crippen molar-refractivity contribution in [2.24, 2.45) is 0 Å². The number of nitrogens with one attached hydrogen (secondary N) is 1. The molecule has 0 saturated heterocycles. The highest BCUT2D eigenvalue weighted by molar-refractivity contribution is 5.96. The fraction of sp³-hybridized carbons (Fsp3) is 0.562. The molecule has 0 aliphatic carbocycles. The average Bonchev–Trinajstić information content (AvgIpc) is 2.41. The fourth-order valence-electron chi connectivity index (χ4n) is 2.38. The predicted molar refractivity (Wildman–Crippen MR) is 89.7 cm³/mol. The third-order valence-corrected chi connectivity index (χ3v) is 3.39. The molecule has 21 heavy (non-hydrogen) atoms. The maximum absolute atomic E-state index is 12.3. The highest BCUT2D eigenvalue weighted by Gasteiger charge is 2.14. The Morgan fingerprint density at radius 2 is 1.90 bits per heavy atom. The van der Waals surface area contributed by atoms with Crippen LogP contribution in [0.15, 0.2) is 18.2 Å². The van der Waals surface area contributed by atoms with Crippen molar-refractivity contribution in [3.05, 3.63) is 23.8 Å². The molecule has 0 spiro atoms. The van der Waals surface area contributed by atoms with Gasteiger partial charge in [-0.3, -0.25) is 4.79 Å². The molecule has 0 aliphatic rings. The lowest BCUT2D eigenvalue weighted by molar-refractivity contribution is 0.0773. The lowest BCUT2D eigenvalue weighted by Crippen LogP contribution is -2.31. The average molecular weight is 292 g/mol. The number of anilines is 2. The molecule has 0 aromatic heterocycles. The summed E-state index contributed by atoms with van der Waals surface area (Å²) >= 11 is 0. The minimum atomic E-state index is 0.0274. The highest BCUT2D eigenvalue weighted by Crippen LogP contribution is 2.21. The second-order valence-corrected chi connectivity index (χ2v) is 5.59. The van der Waals surface area contributed by atoms with Gasteiger partial charge in [-0.25, -0.2) is 0 Å². The van der Waals surface area contributed by atoms with Crippen LogP contribution in [0.25, 0.3) is 0 Å². The van der Waals surface area contributed by atoms with Gasteiger partial charge in [-0.1, -0.05) is 0 Å². The summed E-state index contributed by atoms with van der Waals surface area (Å²) in [6, 6.07) is 5.76. The zero-order valence-electron chi connectivity index (χ0n) is 13.8. The molecule has 118 valence electrons. The number of carbonyl (C=O) groups excluding carboxylic acids is 1. The third-order valence-electron chi connectivity index (χ3n) is 3.39. The first kappa shape index (κ1) is 17.3. The molecule has 3 N–H and O–H groups in total. The van der Waals surface area contributed by atoms with Crippen LogP contribution in [0.1, 0.15) is 31.1 Å². The molecule has 0 radical (unpaired) electrons. The van der Waals surface area contributed by atoms with Crippen molar-refractivity contribution in [1.82, 2.24) is 9.80 Å². The molecule has 1 unspecified atom stereocenters. The second-order valence-electron chi connectivity index (χ2n) is 5.59. The molecular formula is C16H28N4O. The number of benzene rings is 1. The second kappa shape index (κ2) is 7.88. The van der Waals surface area contributed by atoms with Gasteiger partial charge in [-0.2, -0.15) is 0 Å². The lowest BCUT2D eigenvalue weighted by atomic mass is 10.1. The van der Waals surface area contributed by atoms with E-state index < -0.39 is 0 Å². The summed E-state index contributed by atoms with van der Waals surface area (Å²) in [4.78, 5) is 16.2. The van der Waals surface area contributed by atoms with Crippen LogP contribution in [0.3, 0.4) is 0 Å². The number of rotatable bonds is 7. The zero-order valence-corrected chi connectivity index (χ0v) is 13.8. The van der Waals surface area contributed by atoms with E-state index in [1.165, 1.54) is 0 Å². The van der Waals surface area contributed by atoms with E-state index in [1.807, 2.05) is 40.1 Å². The molecule has 0 saturated carbocycles. The van der Waals surface area contributed by atoms with Crippen LogP contribution in [0.4, 0.5) is 11.4 Å². The van der Waals surface area contributed by atoms with Crippen LogP contribution in [0, 0.1) is 0 Å². The largest absolute Gasteiger partial charge is 0.397 e. The van der Waals surface area contributed by atoms with Crippen LogP contribution < -0.4 is 11.1 Å². The lowest BCUT2D eigenvalue weighted by Gasteiger charge is -2.22. The topological polar surface area (TPSA) is 61.6 Å². The predicted octanol–water partition coefficient (Wildman–Crippen LogP) is 2.11. The van der Waals surface area contributed by atoms with Crippen molar-refractivity contribution in [2.75, 3.05) is 44.8 Å². The van der Waals surface area contributed by atoms with E-state index in [0.29, 0.717) is 24.3 Å². The Kier molecular flexibility index (Phi) is 6.49. The van der Waals surface area contributed by atoms with Gasteiger partial charge >= 0.3 is 0 Å². The van der Waals surface area contributed by atoms with Gasteiger partial charge in [0, 0.05) is 31.2 Å². The maximum Gasteiger partial charge on any atom is 0.253 e. The van der Waals surface area contributed by atoms with Crippen molar-refractivity contribution in [3.8, 4) is 0 Å². The van der Waals surface area contributed by atoms with E-state index in [0.717, 1.165) is 12.2 Å². The van der Waals surface area contributed by atoms with E-state index in [4.69, 9.17) is 5.73 Å². The molecule has 0 aliphatic heterocycles.